The van der Waals surface area contributed by atoms with Gasteiger partial charge in [0.2, 0.25) is 0 Å². The third-order valence-corrected chi connectivity index (χ3v) is 1.67. The van der Waals surface area contributed by atoms with Crippen molar-refractivity contribution in [1.82, 2.24) is 5.32 Å². The number of nitrogens with zero attached hydrogens (tertiary/aromatic N) is 1. The van der Waals surface area contributed by atoms with Gasteiger partial charge < -0.3 is 0 Å². The first-order valence-corrected chi connectivity index (χ1v) is 3.48. The Morgan fingerprint density at radius 2 is 1.80 bits per heavy atom. The second kappa shape index (κ2) is 3.37. The highest BCUT2D eigenvalue weighted by Crippen LogP contribution is 2.10. The number of hydrogen-bond acceptors (Lipinski definition) is 0. The van der Waals surface area contributed by atoms with E-state index >= 15 is 0 Å². The van der Waals surface area contributed by atoms with Gasteiger partial charge in [0, 0.05) is 13.1 Å². The first-order chi connectivity index (χ1) is 4.84. The minimum absolute atomic E-state index is 0.334. The van der Waals surface area contributed by atoms with Crippen LogP contribution in [0.15, 0.2) is 30.3 Å². The highest BCUT2D eigenvalue weighted by molar-refractivity contribution is 5.17. The van der Waals surface area contributed by atoms with Gasteiger partial charge in [-0.1, -0.05) is 30.3 Å². The average Bonchev–Trinajstić information content (AvgIpc) is 2.05. The zero-order chi connectivity index (χ0) is 7.40. The Labute approximate surface area is 62.1 Å². The number of rotatable bonds is 2. The van der Waals surface area contributed by atoms with E-state index in [1.54, 1.807) is 0 Å². The fourth-order valence-corrected chi connectivity index (χ4v) is 0.881. The molecule has 0 fully saturated rings. The summed E-state index contributed by atoms with van der Waals surface area (Å²) in [5.41, 5.74) is 1.28. The van der Waals surface area contributed by atoms with Crippen molar-refractivity contribution in [3.8, 4) is 0 Å². The summed E-state index contributed by atoms with van der Waals surface area (Å²) < 4.78 is 0. The molecule has 0 N–H and O–H groups in total. The second-order valence-corrected chi connectivity index (χ2v) is 2.34. The Morgan fingerprint density at radius 1 is 1.20 bits per heavy atom. The Hall–Kier alpha value is -0.820. The molecule has 0 aliphatic carbocycles. The van der Waals surface area contributed by atoms with Crippen LogP contribution in [0.25, 0.3) is 0 Å². The van der Waals surface area contributed by atoms with Crippen molar-refractivity contribution < 1.29 is 0 Å². The summed E-state index contributed by atoms with van der Waals surface area (Å²) in [6, 6.07) is 10.6. The molecule has 0 amide bonds. The molecule has 1 nitrogen and oxygen atoms in total. The topological polar surface area (TPSA) is 14.1 Å². The summed E-state index contributed by atoms with van der Waals surface area (Å²) in [7, 11) is 1.84. The van der Waals surface area contributed by atoms with Gasteiger partial charge in [-0.25, -0.2) is 5.32 Å². The Morgan fingerprint density at radius 3 is 2.30 bits per heavy atom. The van der Waals surface area contributed by atoms with Crippen LogP contribution in [0.2, 0.25) is 0 Å². The van der Waals surface area contributed by atoms with Crippen LogP contribution in [0, 0.1) is 0 Å². The van der Waals surface area contributed by atoms with Crippen molar-refractivity contribution in [1.29, 1.82) is 0 Å². The summed E-state index contributed by atoms with van der Waals surface area (Å²) in [4.78, 5) is 0. The van der Waals surface area contributed by atoms with E-state index in [-0.39, 0.29) is 0 Å². The molecule has 1 atom stereocenters. The number of hydrogen-bond donors (Lipinski definition) is 0. The lowest BCUT2D eigenvalue weighted by Gasteiger charge is -2.06. The first kappa shape index (κ1) is 7.29. The van der Waals surface area contributed by atoms with Gasteiger partial charge >= 0.3 is 0 Å². The van der Waals surface area contributed by atoms with Crippen molar-refractivity contribution in [2.24, 2.45) is 0 Å². The van der Waals surface area contributed by atoms with E-state index < -0.39 is 0 Å². The van der Waals surface area contributed by atoms with E-state index in [0.29, 0.717) is 6.04 Å². The largest absolute Gasteiger partial charge is 0.237 e. The lowest BCUT2D eigenvalue weighted by molar-refractivity contribution is 0.639. The van der Waals surface area contributed by atoms with Crippen LogP contribution in [-0.4, -0.2) is 7.05 Å². The first-order valence-electron chi connectivity index (χ1n) is 3.48. The molecule has 0 aliphatic heterocycles. The zero-order valence-corrected chi connectivity index (χ0v) is 6.41. The van der Waals surface area contributed by atoms with Crippen molar-refractivity contribution in [2.45, 2.75) is 13.0 Å². The van der Waals surface area contributed by atoms with Gasteiger partial charge in [0.05, 0.1) is 0 Å². The number of benzene rings is 1. The Kier molecular flexibility index (Phi) is 2.46. The molecule has 0 saturated carbocycles. The molecule has 0 aromatic heterocycles. The van der Waals surface area contributed by atoms with Gasteiger partial charge in [0.15, 0.2) is 0 Å². The molecule has 1 aromatic rings. The molecule has 0 saturated heterocycles. The van der Waals surface area contributed by atoms with Crippen molar-refractivity contribution in [3.63, 3.8) is 0 Å². The van der Waals surface area contributed by atoms with E-state index in [1.165, 1.54) is 5.56 Å². The van der Waals surface area contributed by atoms with Gasteiger partial charge in [-0.05, 0) is 12.5 Å². The lowest BCUT2D eigenvalue weighted by atomic mass is 10.1. The molecule has 0 heterocycles. The van der Waals surface area contributed by atoms with E-state index in [1.807, 2.05) is 25.2 Å². The highest BCUT2D eigenvalue weighted by Gasteiger charge is 1.99. The molecule has 0 spiro atoms. The van der Waals surface area contributed by atoms with Gasteiger partial charge in [0.1, 0.15) is 0 Å². The van der Waals surface area contributed by atoms with Crippen molar-refractivity contribution >= 4 is 0 Å². The maximum atomic E-state index is 4.16. The molecule has 1 heteroatoms. The van der Waals surface area contributed by atoms with Crippen LogP contribution in [0.3, 0.4) is 0 Å². The predicted molar refractivity (Wildman–Crippen MR) is 42.9 cm³/mol. The molecule has 1 rings (SSSR count). The molecular weight excluding hydrogens is 122 g/mol. The standard InChI is InChI=1S/C9H12N/c1-8(10-2)9-6-4-3-5-7-9/h3-8H,1-2H3/t8-/m0/s1. The molecule has 53 valence electrons. The third-order valence-electron chi connectivity index (χ3n) is 1.67. The zero-order valence-electron chi connectivity index (χ0n) is 6.41. The lowest BCUT2D eigenvalue weighted by Crippen LogP contribution is -2.03. The molecule has 1 radical (unpaired) electrons. The predicted octanol–water partition coefficient (Wildman–Crippen LogP) is 1.98. The smallest absolute Gasteiger partial charge is 0.0464 e. The third kappa shape index (κ3) is 1.58. The normalized spacial score (nSPS) is 13.0. The fourth-order valence-electron chi connectivity index (χ4n) is 0.881. The molecular formula is C9H12N. The summed E-state index contributed by atoms with van der Waals surface area (Å²) in [5, 5.41) is 4.16. The summed E-state index contributed by atoms with van der Waals surface area (Å²) in [6.45, 7) is 2.09. The maximum absolute atomic E-state index is 4.16. The molecule has 1 aromatic carbocycles. The van der Waals surface area contributed by atoms with Crippen LogP contribution < -0.4 is 5.32 Å². The van der Waals surface area contributed by atoms with Crippen LogP contribution in [0.4, 0.5) is 0 Å². The van der Waals surface area contributed by atoms with Crippen LogP contribution in [0.5, 0.6) is 0 Å². The monoisotopic (exact) mass is 134 g/mol. The fraction of sp³-hybridized carbons (Fsp3) is 0.333. The Bertz CT molecular complexity index is 181. The molecule has 0 bridgehead atoms. The second-order valence-electron chi connectivity index (χ2n) is 2.34. The van der Waals surface area contributed by atoms with Crippen molar-refractivity contribution in [2.75, 3.05) is 7.05 Å². The maximum Gasteiger partial charge on any atom is 0.0464 e. The minimum atomic E-state index is 0.334. The summed E-state index contributed by atoms with van der Waals surface area (Å²) in [5.74, 6) is 0. The van der Waals surface area contributed by atoms with Crippen LogP contribution in [-0.2, 0) is 0 Å². The molecule has 0 unspecified atom stereocenters. The van der Waals surface area contributed by atoms with E-state index in [0.717, 1.165) is 0 Å². The van der Waals surface area contributed by atoms with E-state index in [9.17, 15) is 0 Å². The SMILES string of the molecule is C[N][C@@H](C)c1ccccc1. The average molecular weight is 134 g/mol. The highest BCUT2D eigenvalue weighted by atomic mass is 14.8. The van der Waals surface area contributed by atoms with Gasteiger partial charge in [0.25, 0.3) is 0 Å². The van der Waals surface area contributed by atoms with E-state index in [2.05, 4.69) is 24.4 Å². The minimum Gasteiger partial charge on any atom is -0.237 e. The van der Waals surface area contributed by atoms with Crippen molar-refractivity contribution in [3.05, 3.63) is 35.9 Å². The van der Waals surface area contributed by atoms with Crippen LogP contribution in [0.1, 0.15) is 18.5 Å². The van der Waals surface area contributed by atoms with Gasteiger partial charge in [-0.3, -0.25) is 0 Å². The quantitative estimate of drug-likeness (QED) is 0.587. The van der Waals surface area contributed by atoms with Gasteiger partial charge in [-0.15, -0.1) is 0 Å². The van der Waals surface area contributed by atoms with Crippen LogP contribution >= 0.6 is 0 Å². The Balaban J connectivity index is 2.75. The molecule has 0 aliphatic rings. The van der Waals surface area contributed by atoms with Gasteiger partial charge in [-0.2, -0.15) is 0 Å². The molecule has 10 heavy (non-hydrogen) atoms. The summed E-state index contributed by atoms with van der Waals surface area (Å²) >= 11 is 0. The van der Waals surface area contributed by atoms with E-state index in [4.69, 9.17) is 0 Å². The summed E-state index contributed by atoms with van der Waals surface area (Å²) in [6.07, 6.45) is 0.